The first kappa shape index (κ1) is 16.2. The topological polar surface area (TPSA) is 78.5 Å². The summed E-state index contributed by atoms with van der Waals surface area (Å²) in [5.41, 5.74) is 1.94. The number of benzene rings is 1. The predicted octanol–water partition coefficient (Wildman–Crippen LogP) is 1.35. The quantitative estimate of drug-likeness (QED) is 0.857. The molecule has 24 heavy (non-hydrogen) atoms. The Morgan fingerprint density at radius 3 is 2.62 bits per heavy atom. The third-order valence-corrected chi connectivity index (χ3v) is 4.24. The minimum Gasteiger partial charge on any atom is -0.352 e. The molecule has 1 saturated carbocycles. The zero-order chi connectivity index (χ0) is 17.1. The van der Waals surface area contributed by atoms with Gasteiger partial charge in [0.15, 0.2) is 0 Å². The molecule has 1 heterocycles. The highest BCUT2D eigenvalue weighted by molar-refractivity contribution is 5.86. The molecular formula is C18H21N3O3. The van der Waals surface area contributed by atoms with Crippen molar-refractivity contribution in [2.75, 3.05) is 6.54 Å². The number of fused-ring (bicyclic) bond motifs is 1. The number of carbonyl (C=O) groups excluding carboxylic acids is 3. The number of hydrogen-bond acceptors (Lipinski definition) is 3. The van der Waals surface area contributed by atoms with Crippen molar-refractivity contribution in [3.05, 3.63) is 41.6 Å². The van der Waals surface area contributed by atoms with Gasteiger partial charge in [0.25, 0.3) is 0 Å². The van der Waals surface area contributed by atoms with E-state index in [1.807, 2.05) is 30.3 Å². The standard InChI is InChI=1S/C18H21N3O3/c1-12(22)21-9-8-13-4-2-3-5-15(13)16(21)10-17(23)19-11-18(24)20-14-6-7-14/h2-5,8-9,14,16H,6-7,10-11H2,1H3,(H,19,23)(H,20,24)/t16-/m0/s1. The monoisotopic (exact) mass is 327 g/mol. The van der Waals surface area contributed by atoms with Crippen molar-refractivity contribution in [3.63, 3.8) is 0 Å². The molecule has 1 aliphatic carbocycles. The fourth-order valence-corrected chi connectivity index (χ4v) is 2.85. The van der Waals surface area contributed by atoms with Gasteiger partial charge in [0.1, 0.15) is 0 Å². The van der Waals surface area contributed by atoms with Gasteiger partial charge in [-0.1, -0.05) is 24.3 Å². The van der Waals surface area contributed by atoms with E-state index < -0.39 is 0 Å². The molecule has 1 aliphatic heterocycles. The molecule has 1 atom stereocenters. The van der Waals surface area contributed by atoms with E-state index in [0.29, 0.717) is 0 Å². The molecule has 1 aromatic rings. The highest BCUT2D eigenvalue weighted by Crippen LogP contribution is 2.32. The van der Waals surface area contributed by atoms with E-state index in [9.17, 15) is 14.4 Å². The van der Waals surface area contributed by atoms with Crippen molar-refractivity contribution < 1.29 is 14.4 Å². The molecule has 3 amide bonds. The molecule has 1 fully saturated rings. The zero-order valence-corrected chi connectivity index (χ0v) is 13.6. The summed E-state index contributed by atoms with van der Waals surface area (Å²) in [5.74, 6) is -0.537. The molecule has 3 rings (SSSR count). The van der Waals surface area contributed by atoms with Crippen LogP contribution in [0.3, 0.4) is 0 Å². The van der Waals surface area contributed by atoms with E-state index in [-0.39, 0.29) is 42.8 Å². The Morgan fingerprint density at radius 2 is 1.92 bits per heavy atom. The van der Waals surface area contributed by atoms with Crippen LogP contribution in [0.2, 0.25) is 0 Å². The van der Waals surface area contributed by atoms with E-state index in [1.54, 1.807) is 11.1 Å². The summed E-state index contributed by atoms with van der Waals surface area (Å²) in [7, 11) is 0. The van der Waals surface area contributed by atoms with Crippen molar-refractivity contribution >= 4 is 23.8 Å². The SMILES string of the molecule is CC(=O)N1C=Cc2ccccc2[C@@H]1CC(=O)NCC(=O)NC1CC1. The van der Waals surface area contributed by atoms with Gasteiger partial charge in [-0.15, -0.1) is 0 Å². The van der Waals surface area contributed by atoms with Crippen LogP contribution in [0.1, 0.15) is 43.4 Å². The van der Waals surface area contributed by atoms with Gasteiger partial charge in [-0.05, 0) is 30.0 Å². The minimum absolute atomic E-state index is 0.0282. The van der Waals surface area contributed by atoms with Gasteiger partial charge in [0.2, 0.25) is 17.7 Å². The highest BCUT2D eigenvalue weighted by atomic mass is 16.2. The average Bonchev–Trinajstić information content (AvgIpc) is 3.37. The fourth-order valence-electron chi connectivity index (χ4n) is 2.85. The van der Waals surface area contributed by atoms with Crippen LogP contribution in [0.4, 0.5) is 0 Å². The van der Waals surface area contributed by atoms with Gasteiger partial charge >= 0.3 is 0 Å². The Hall–Kier alpha value is -2.63. The molecule has 1 aromatic carbocycles. The molecule has 0 bridgehead atoms. The van der Waals surface area contributed by atoms with Crippen LogP contribution in [0.15, 0.2) is 30.5 Å². The number of hydrogen-bond donors (Lipinski definition) is 2. The van der Waals surface area contributed by atoms with E-state index in [4.69, 9.17) is 0 Å². The van der Waals surface area contributed by atoms with Crippen LogP contribution >= 0.6 is 0 Å². The van der Waals surface area contributed by atoms with Crippen molar-refractivity contribution in [2.24, 2.45) is 0 Å². The average molecular weight is 327 g/mol. The summed E-state index contributed by atoms with van der Waals surface area (Å²) in [6, 6.07) is 7.62. The Bertz CT molecular complexity index is 695. The first-order valence-electron chi connectivity index (χ1n) is 8.16. The lowest BCUT2D eigenvalue weighted by molar-refractivity contribution is -0.131. The Balaban J connectivity index is 1.64. The van der Waals surface area contributed by atoms with Crippen molar-refractivity contribution in [3.8, 4) is 0 Å². The van der Waals surface area contributed by atoms with Gasteiger partial charge in [-0.25, -0.2) is 0 Å². The lowest BCUT2D eigenvalue weighted by Gasteiger charge is -2.32. The number of amides is 3. The van der Waals surface area contributed by atoms with Gasteiger partial charge < -0.3 is 15.5 Å². The highest BCUT2D eigenvalue weighted by Gasteiger charge is 2.28. The van der Waals surface area contributed by atoms with Crippen LogP contribution in [0.25, 0.3) is 6.08 Å². The second-order valence-electron chi connectivity index (χ2n) is 6.21. The molecule has 0 aromatic heterocycles. The van der Waals surface area contributed by atoms with Crippen molar-refractivity contribution in [2.45, 2.75) is 38.3 Å². The van der Waals surface area contributed by atoms with Crippen LogP contribution in [-0.2, 0) is 14.4 Å². The number of nitrogens with one attached hydrogen (secondary N) is 2. The molecule has 0 saturated heterocycles. The summed E-state index contributed by atoms with van der Waals surface area (Å²) in [6.07, 6.45) is 5.73. The molecule has 2 aliphatic rings. The summed E-state index contributed by atoms with van der Waals surface area (Å²) in [6.45, 7) is 1.45. The Kier molecular flexibility index (Phi) is 4.64. The van der Waals surface area contributed by atoms with Crippen LogP contribution in [-0.4, -0.2) is 35.2 Å². The van der Waals surface area contributed by atoms with E-state index in [2.05, 4.69) is 10.6 Å². The van der Waals surface area contributed by atoms with Gasteiger partial charge in [0, 0.05) is 19.2 Å². The summed E-state index contributed by atoms with van der Waals surface area (Å²) < 4.78 is 0. The van der Waals surface area contributed by atoms with Crippen molar-refractivity contribution in [1.29, 1.82) is 0 Å². The molecule has 2 N–H and O–H groups in total. The van der Waals surface area contributed by atoms with Gasteiger partial charge in [-0.3, -0.25) is 14.4 Å². The van der Waals surface area contributed by atoms with Crippen LogP contribution in [0.5, 0.6) is 0 Å². The maximum atomic E-state index is 12.2. The molecular weight excluding hydrogens is 306 g/mol. The Labute approximate surface area is 140 Å². The molecule has 126 valence electrons. The second kappa shape index (κ2) is 6.86. The predicted molar refractivity (Wildman–Crippen MR) is 89.5 cm³/mol. The third-order valence-electron chi connectivity index (χ3n) is 4.24. The molecule has 0 unspecified atom stereocenters. The number of carbonyl (C=O) groups is 3. The molecule has 6 nitrogen and oxygen atoms in total. The Morgan fingerprint density at radius 1 is 1.17 bits per heavy atom. The molecule has 0 spiro atoms. The lowest BCUT2D eigenvalue weighted by Crippen LogP contribution is -2.40. The summed E-state index contributed by atoms with van der Waals surface area (Å²) in [5, 5.41) is 5.47. The van der Waals surface area contributed by atoms with Gasteiger partial charge in [-0.2, -0.15) is 0 Å². The molecule has 0 radical (unpaired) electrons. The fraction of sp³-hybridized carbons (Fsp3) is 0.389. The minimum atomic E-state index is -0.352. The van der Waals surface area contributed by atoms with Crippen LogP contribution < -0.4 is 10.6 Å². The maximum absolute atomic E-state index is 12.2. The maximum Gasteiger partial charge on any atom is 0.239 e. The second-order valence-corrected chi connectivity index (χ2v) is 6.21. The van der Waals surface area contributed by atoms with E-state index in [0.717, 1.165) is 24.0 Å². The first-order valence-corrected chi connectivity index (χ1v) is 8.16. The molecule has 6 heteroatoms. The zero-order valence-electron chi connectivity index (χ0n) is 13.6. The lowest BCUT2D eigenvalue weighted by atomic mass is 9.93. The first-order chi connectivity index (χ1) is 11.5. The third kappa shape index (κ3) is 3.82. The smallest absolute Gasteiger partial charge is 0.239 e. The van der Waals surface area contributed by atoms with Crippen LogP contribution in [0, 0.1) is 0 Å². The van der Waals surface area contributed by atoms with E-state index in [1.165, 1.54) is 6.92 Å². The number of nitrogens with zero attached hydrogens (tertiary/aromatic N) is 1. The van der Waals surface area contributed by atoms with Gasteiger partial charge in [0.05, 0.1) is 19.0 Å². The normalized spacial score (nSPS) is 18.7. The summed E-state index contributed by atoms with van der Waals surface area (Å²) >= 11 is 0. The number of rotatable bonds is 5. The van der Waals surface area contributed by atoms with E-state index >= 15 is 0 Å². The summed E-state index contributed by atoms with van der Waals surface area (Å²) in [4.78, 5) is 37.3. The van der Waals surface area contributed by atoms with Crippen molar-refractivity contribution in [1.82, 2.24) is 15.5 Å². The largest absolute Gasteiger partial charge is 0.352 e.